The second-order valence-electron chi connectivity index (χ2n) is 7.52. The zero-order valence-electron chi connectivity index (χ0n) is 17.0. The van der Waals surface area contributed by atoms with E-state index in [0.717, 1.165) is 9.87 Å². The number of carbonyl (C=O) groups is 1. The van der Waals surface area contributed by atoms with Gasteiger partial charge in [-0.15, -0.1) is 0 Å². The molecule has 1 saturated heterocycles. The van der Waals surface area contributed by atoms with E-state index in [1.54, 1.807) is 19.1 Å². The molecule has 3 aromatic rings. The maximum absolute atomic E-state index is 13.0. The first kappa shape index (κ1) is 22.8. The minimum absolute atomic E-state index is 0.0540. The number of nitrogens with zero attached hydrogens (tertiary/aromatic N) is 1. The first-order valence-electron chi connectivity index (χ1n) is 9.84. The fourth-order valence-corrected chi connectivity index (χ4v) is 5.65. The van der Waals surface area contributed by atoms with Crippen molar-refractivity contribution < 1.29 is 22.4 Å². The molecule has 2 heterocycles. The molecule has 168 valence electrons. The second-order valence-corrected chi connectivity index (χ2v) is 10.3. The lowest BCUT2D eigenvalue weighted by Crippen LogP contribution is -2.41. The molecule has 0 amide bonds. The minimum atomic E-state index is -3.89. The summed E-state index contributed by atoms with van der Waals surface area (Å²) in [4.78, 5) is 24.8. The van der Waals surface area contributed by atoms with Crippen LogP contribution in [-0.2, 0) is 26.2 Å². The van der Waals surface area contributed by atoms with Gasteiger partial charge in [-0.1, -0.05) is 23.2 Å². The normalized spacial score (nSPS) is 17.0. The Morgan fingerprint density at radius 2 is 1.91 bits per heavy atom. The van der Waals surface area contributed by atoms with Gasteiger partial charge in [-0.2, -0.15) is 4.31 Å². The fraction of sp³-hybridized carbons (Fsp3) is 0.273. The van der Waals surface area contributed by atoms with E-state index in [2.05, 4.69) is 0 Å². The predicted molar refractivity (Wildman–Crippen MR) is 120 cm³/mol. The van der Waals surface area contributed by atoms with Crippen molar-refractivity contribution in [1.29, 1.82) is 0 Å². The number of carbonyl (C=O) groups excluding carboxylic acids is 1. The molecule has 1 aliphatic heterocycles. The monoisotopic (exact) mass is 495 g/mol. The van der Waals surface area contributed by atoms with Crippen molar-refractivity contribution >= 4 is 50.2 Å². The quantitative estimate of drug-likeness (QED) is 0.386. The predicted octanol–water partition coefficient (Wildman–Crippen LogP) is 4.30. The lowest BCUT2D eigenvalue weighted by molar-refractivity contribution is -0.148. The maximum Gasteiger partial charge on any atom is 0.336 e. The van der Waals surface area contributed by atoms with Crippen molar-refractivity contribution in [1.82, 2.24) is 4.31 Å². The topological polar surface area (TPSA) is 93.9 Å². The molecule has 0 unspecified atom stereocenters. The maximum atomic E-state index is 13.0. The highest BCUT2D eigenvalue weighted by Crippen LogP contribution is 2.29. The molecule has 4 rings (SSSR count). The number of sulfonamides is 1. The molecule has 2 aromatic carbocycles. The highest BCUT2D eigenvalue weighted by molar-refractivity contribution is 7.89. The van der Waals surface area contributed by atoms with E-state index in [1.165, 1.54) is 30.3 Å². The van der Waals surface area contributed by atoms with Gasteiger partial charge >= 0.3 is 11.6 Å². The van der Waals surface area contributed by atoms with Gasteiger partial charge in [0.25, 0.3) is 0 Å². The van der Waals surface area contributed by atoms with Crippen LogP contribution in [0.3, 0.4) is 0 Å². The Bertz CT molecular complexity index is 1350. The number of ether oxygens (including phenoxy) is 1. The Kier molecular flexibility index (Phi) is 6.31. The minimum Gasteiger partial charge on any atom is -0.460 e. The zero-order valence-corrected chi connectivity index (χ0v) is 19.3. The van der Waals surface area contributed by atoms with Crippen molar-refractivity contribution in [2.45, 2.75) is 37.3 Å². The average molecular weight is 496 g/mol. The van der Waals surface area contributed by atoms with E-state index in [4.69, 9.17) is 32.4 Å². The molecule has 0 radical (unpaired) electrons. The third kappa shape index (κ3) is 4.41. The molecule has 0 spiro atoms. The molecule has 1 aromatic heterocycles. The number of benzene rings is 2. The SMILES string of the molecule is Cc1cc2oc(=O)cc(COC(=O)[C@@H]3CCCN3S(=O)(=O)c3ccc(Cl)cc3)c2cc1Cl. The lowest BCUT2D eigenvalue weighted by Gasteiger charge is -2.23. The van der Waals surface area contributed by atoms with Gasteiger partial charge in [0, 0.05) is 33.6 Å². The summed E-state index contributed by atoms with van der Waals surface area (Å²) < 4.78 is 37.9. The smallest absolute Gasteiger partial charge is 0.336 e. The van der Waals surface area contributed by atoms with Crippen LogP contribution in [0.25, 0.3) is 11.0 Å². The van der Waals surface area contributed by atoms with Crippen LogP contribution in [-0.4, -0.2) is 31.3 Å². The van der Waals surface area contributed by atoms with Gasteiger partial charge in [0.1, 0.15) is 18.2 Å². The van der Waals surface area contributed by atoms with Gasteiger partial charge in [-0.25, -0.2) is 13.2 Å². The van der Waals surface area contributed by atoms with Crippen LogP contribution in [0, 0.1) is 6.92 Å². The Hall–Kier alpha value is -2.39. The van der Waals surface area contributed by atoms with Crippen LogP contribution >= 0.6 is 23.2 Å². The number of rotatable bonds is 5. The van der Waals surface area contributed by atoms with Crippen LogP contribution in [0.2, 0.25) is 10.0 Å². The van der Waals surface area contributed by atoms with E-state index in [1.807, 2.05) is 0 Å². The number of hydrogen-bond donors (Lipinski definition) is 0. The van der Waals surface area contributed by atoms with Gasteiger partial charge < -0.3 is 9.15 Å². The van der Waals surface area contributed by atoms with Crippen LogP contribution < -0.4 is 5.63 Å². The summed E-state index contributed by atoms with van der Waals surface area (Å²) in [6.45, 7) is 1.77. The van der Waals surface area contributed by atoms with Gasteiger partial charge in [0.05, 0.1) is 4.90 Å². The largest absolute Gasteiger partial charge is 0.460 e. The van der Waals surface area contributed by atoms with Gasteiger partial charge in [-0.05, 0) is 61.7 Å². The molecule has 10 heteroatoms. The number of fused-ring (bicyclic) bond motifs is 1. The molecular formula is C22H19Cl2NO6S. The van der Waals surface area contributed by atoms with Gasteiger partial charge in [0.2, 0.25) is 10.0 Å². The molecular weight excluding hydrogens is 477 g/mol. The number of hydrogen-bond acceptors (Lipinski definition) is 6. The summed E-state index contributed by atoms with van der Waals surface area (Å²) in [5, 5.41) is 1.44. The Labute approximate surface area is 194 Å². The van der Waals surface area contributed by atoms with Crippen molar-refractivity contribution in [3.05, 3.63) is 74.1 Å². The second kappa shape index (κ2) is 8.86. The molecule has 1 fully saturated rings. The summed E-state index contributed by atoms with van der Waals surface area (Å²) in [6.07, 6.45) is 0.869. The standard InChI is InChI=1S/C22H19Cl2NO6S/c1-13-9-20-17(11-18(13)24)14(10-21(26)31-20)12-30-22(27)19-3-2-8-25(19)32(28,29)16-6-4-15(23)5-7-16/h4-7,9-11,19H,2-3,8,12H2,1H3/t19-/m0/s1. The third-order valence-corrected chi connectivity index (χ3v) is 7.96. The summed E-state index contributed by atoms with van der Waals surface area (Å²) >= 11 is 12.0. The fourth-order valence-electron chi connectivity index (χ4n) is 3.72. The molecule has 7 nitrogen and oxygen atoms in total. The molecule has 0 saturated carbocycles. The molecule has 1 atom stereocenters. The number of halogens is 2. The van der Waals surface area contributed by atoms with E-state index >= 15 is 0 Å². The Balaban J connectivity index is 1.56. The number of aryl methyl sites for hydroxylation is 1. The number of esters is 1. The first-order valence-corrected chi connectivity index (χ1v) is 12.0. The van der Waals surface area contributed by atoms with Gasteiger partial charge in [-0.3, -0.25) is 4.79 Å². The van der Waals surface area contributed by atoms with E-state index in [-0.39, 0.29) is 18.0 Å². The Morgan fingerprint density at radius 3 is 2.62 bits per heavy atom. The summed E-state index contributed by atoms with van der Waals surface area (Å²) in [6, 6.07) is 9.34. The van der Waals surface area contributed by atoms with Crippen molar-refractivity contribution in [2.75, 3.05) is 6.54 Å². The molecule has 32 heavy (non-hydrogen) atoms. The highest BCUT2D eigenvalue weighted by Gasteiger charge is 2.40. The Morgan fingerprint density at radius 1 is 1.19 bits per heavy atom. The lowest BCUT2D eigenvalue weighted by atomic mass is 10.1. The summed E-state index contributed by atoms with van der Waals surface area (Å²) in [7, 11) is -3.89. The summed E-state index contributed by atoms with van der Waals surface area (Å²) in [5.41, 5.74) is 0.915. The van der Waals surface area contributed by atoms with Crippen molar-refractivity contribution in [2.24, 2.45) is 0 Å². The molecule has 0 N–H and O–H groups in total. The average Bonchev–Trinajstić information content (AvgIpc) is 3.24. The van der Waals surface area contributed by atoms with E-state index in [0.29, 0.717) is 39.4 Å². The van der Waals surface area contributed by atoms with Crippen LogP contribution in [0.1, 0.15) is 24.0 Å². The van der Waals surface area contributed by atoms with Crippen LogP contribution in [0.4, 0.5) is 0 Å². The molecule has 0 aliphatic carbocycles. The van der Waals surface area contributed by atoms with Crippen LogP contribution in [0.5, 0.6) is 0 Å². The van der Waals surface area contributed by atoms with Crippen LogP contribution in [0.15, 0.2) is 56.6 Å². The van der Waals surface area contributed by atoms with Crippen molar-refractivity contribution in [3.8, 4) is 0 Å². The van der Waals surface area contributed by atoms with Gasteiger partial charge in [0.15, 0.2) is 0 Å². The first-order chi connectivity index (χ1) is 15.2. The zero-order chi connectivity index (χ0) is 23.0. The third-order valence-electron chi connectivity index (χ3n) is 5.38. The van der Waals surface area contributed by atoms with Crippen molar-refractivity contribution in [3.63, 3.8) is 0 Å². The van der Waals surface area contributed by atoms with E-state index < -0.39 is 27.7 Å². The molecule has 1 aliphatic rings. The molecule has 0 bridgehead atoms. The summed E-state index contributed by atoms with van der Waals surface area (Å²) in [5.74, 6) is -0.681. The van der Waals surface area contributed by atoms with E-state index in [9.17, 15) is 18.0 Å². The highest BCUT2D eigenvalue weighted by atomic mass is 35.5.